The van der Waals surface area contributed by atoms with E-state index in [2.05, 4.69) is 33.9 Å². The lowest BCUT2D eigenvalue weighted by Crippen LogP contribution is -2.30. The van der Waals surface area contributed by atoms with Gasteiger partial charge in [-0.25, -0.2) is 15.8 Å². The van der Waals surface area contributed by atoms with Gasteiger partial charge in [-0.2, -0.15) is 11.8 Å². The van der Waals surface area contributed by atoms with Crippen LogP contribution in [0, 0.1) is 6.92 Å². The van der Waals surface area contributed by atoms with Crippen LogP contribution >= 0.6 is 11.8 Å². The Morgan fingerprint density at radius 3 is 2.48 bits per heavy atom. The quantitative estimate of drug-likeness (QED) is 0.531. The third-order valence-electron chi connectivity index (χ3n) is 4.33. The Hall–Kier alpha value is -1.01. The molecule has 0 amide bonds. The number of aryl methyl sites for hydroxylation is 1. The number of anilines is 2. The number of hydrazine groups is 1. The minimum absolute atomic E-state index is 0.360. The number of nitrogens with one attached hydrogen (secondary N) is 2. The summed E-state index contributed by atoms with van der Waals surface area (Å²) in [5, 5.41) is 3.55. The van der Waals surface area contributed by atoms with E-state index in [0.717, 1.165) is 42.4 Å². The van der Waals surface area contributed by atoms with E-state index in [1.807, 2.05) is 18.7 Å². The Morgan fingerprint density at radius 2 is 1.90 bits per heavy atom. The summed E-state index contributed by atoms with van der Waals surface area (Å²) in [6, 6.07) is 0. The lowest BCUT2D eigenvalue weighted by molar-refractivity contribution is 0.637. The van der Waals surface area contributed by atoms with Gasteiger partial charge in [-0.1, -0.05) is 19.8 Å². The molecular weight excluding hydrogens is 282 g/mol. The van der Waals surface area contributed by atoms with Crippen LogP contribution in [0.2, 0.25) is 0 Å². The van der Waals surface area contributed by atoms with Gasteiger partial charge in [0.15, 0.2) is 0 Å². The Kier molecular flexibility index (Phi) is 5.70. The molecule has 0 radical (unpaired) electrons. The largest absolute Gasteiger partial charge is 0.368 e. The van der Waals surface area contributed by atoms with Crippen LogP contribution in [0.15, 0.2) is 0 Å². The molecule has 1 aliphatic carbocycles. The van der Waals surface area contributed by atoms with Crippen LogP contribution in [-0.2, 0) is 6.42 Å². The van der Waals surface area contributed by atoms with Crippen LogP contribution in [0.1, 0.15) is 50.4 Å². The van der Waals surface area contributed by atoms with Gasteiger partial charge < -0.3 is 10.7 Å². The molecule has 4 N–H and O–H groups in total. The highest BCUT2D eigenvalue weighted by molar-refractivity contribution is 8.00. The van der Waals surface area contributed by atoms with Crippen molar-refractivity contribution in [1.29, 1.82) is 0 Å². The topological polar surface area (TPSA) is 75.9 Å². The van der Waals surface area contributed by atoms with Crippen molar-refractivity contribution in [3.8, 4) is 0 Å². The average molecular weight is 309 g/mol. The molecule has 1 aromatic rings. The van der Waals surface area contributed by atoms with Crippen LogP contribution in [0.25, 0.3) is 0 Å². The molecule has 0 unspecified atom stereocenters. The average Bonchev–Trinajstić information content (AvgIpc) is 2.97. The predicted molar refractivity (Wildman–Crippen MR) is 91.8 cm³/mol. The number of nitrogens with two attached hydrogens (primary N) is 1. The monoisotopic (exact) mass is 309 g/mol. The summed E-state index contributed by atoms with van der Waals surface area (Å²) in [7, 11) is 0. The van der Waals surface area contributed by atoms with E-state index in [-0.39, 0.29) is 0 Å². The number of thioether (sulfide) groups is 1. The van der Waals surface area contributed by atoms with Gasteiger partial charge in [0, 0.05) is 23.3 Å². The van der Waals surface area contributed by atoms with Crippen molar-refractivity contribution in [3.63, 3.8) is 0 Å². The molecule has 1 aliphatic rings. The molecule has 0 aliphatic heterocycles. The number of nitrogens with zero attached hydrogens (tertiary/aromatic N) is 2. The summed E-state index contributed by atoms with van der Waals surface area (Å²) < 4.78 is 0.360. The van der Waals surface area contributed by atoms with Crippen molar-refractivity contribution >= 4 is 23.4 Å². The van der Waals surface area contributed by atoms with Gasteiger partial charge in [-0.05, 0) is 32.4 Å². The van der Waals surface area contributed by atoms with E-state index in [4.69, 9.17) is 5.84 Å². The maximum absolute atomic E-state index is 5.58. The molecule has 0 aromatic carbocycles. The van der Waals surface area contributed by atoms with Crippen molar-refractivity contribution in [1.82, 2.24) is 9.97 Å². The Balaban J connectivity index is 2.16. The molecule has 6 heteroatoms. The van der Waals surface area contributed by atoms with Crippen molar-refractivity contribution in [3.05, 3.63) is 11.4 Å². The molecule has 0 atom stereocenters. The first kappa shape index (κ1) is 16.4. The molecule has 118 valence electrons. The second-order valence-corrected chi connectivity index (χ2v) is 7.08. The van der Waals surface area contributed by atoms with Crippen molar-refractivity contribution in [2.75, 3.05) is 23.5 Å². The lowest BCUT2D eigenvalue weighted by Gasteiger charge is -2.27. The normalized spacial score (nSPS) is 17.0. The van der Waals surface area contributed by atoms with Gasteiger partial charge in [0.1, 0.15) is 17.5 Å². The summed E-state index contributed by atoms with van der Waals surface area (Å²) in [5.41, 5.74) is 3.68. The second kappa shape index (κ2) is 7.31. The minimum Gasteiger partial charge on any atom is -0.368 e. The number of hydrogen-bond donors (Lipinski definition) is 3. The van der Waals surface area contributed by atoms with E-state index in [1.54, 1.807) is 0 Å². The van der Waals surface area contributed by atoms with Crippen molar-refractivity contribution < 1.29 is 0 Å². The fourth-order valence-corrected chi connectivity index (χ4v) is 3.84. The molecule has 1 saturated carbocycles. The van der Waals surface area contributed by atoms with Gasteiger partial charge in [0.25, 0.3) is 0 Å². The Labute approximate surface area is 131 Å². The highest BCUT2D eigenvalue weighted by Gasteiger charge is 2.33. The molecule has 0 saturated heterocycles. The molecule has 0 spiro atoms. The van der Waals surface area contributed by atoms with Gasteiger partial charge >= 0.3 is 0 Å². The van der Waals surface area contributed by atoms with Crippen LogP contribution in [0.4, 0.5) is 11.6 Å². The molecular formula is C15H27N5S. The Morgan fingerprint density at radius 1 is 1.24 bits per heavy atom. The zero-order valence-electron chi connectivity index (χ0n) is 13.3. The van der Waals surface area contributed by atoms with Crippen molar-refractivity contribution in [2.24, 2.45) is 5.84 Å². The molecule has 1 fully saturated rings. The number of rotatable bonds is 7. The van der Waals surface area contributed by atoms with Gasteiger partial charge in [0.2, 0.25) is 0 Å². The fraction of sp³-hybridized carbons (Fsp3) is 0.733. The summed E-state index contributed by atoms with van der Waals surface area (Å²) in [4.78, 5) is 9.14. The summed E-state index contributed by atoms with van der Waals surface area (Å²) in [5.74, 6) is 8.07. The molecule has 21 heavy (non-hydrogen) atoms. The number of aromatic nitrogens is 2. The summed E-state index contributed by atoms with van der Waals surface area (Å²) >= 11 is 1.98. The van der Waals surface area contributed by atoms with E-state index in [9.17, 15) is 0 Å². The third kappa shape index (κ3) is 3.80. The maximum Gasteiger partial charge on any atom is 0.148 e. The summed E-state index contributed by atoms with van der Waals surface area (Å²) in [6.07, 6.45) is 9.36. The SMILES string of the molecule is CCCc1nc(NN)c(C)c(NCC2(SC)CCCC2)n1. The molecule has 5 nitrogen and oxygen atoms in total. The van der Waals surface area contributed by atoms with Crippen LogP contribution in [-0.4, -0.2) is 27.5 Å². The Bertz CT molecular complexity index is 471. The smallest absolute Gasteiger partial charge is 0.148 e. The highest BCUT2D eigenvalue weighted by Crippen LogP contribution is 2.40. The molecule has 1 heterocycles. The first-order valence-corrected chi connectivity index (χ1v) is 9.00. The second-order valence-electron chi connectivity index (χ2n) is 5.80. The minimum atomic E-state index is 0.360. The standard InChI is InChI=1S/C15H27N5S/c1-4-7-12-18-13(11(2)14(19-12)20-16)17-10-15(21-3)8-5-6-9-15/h4-10,16H2,1-3H3,(H2,17,18,19,20). The fourth-order valence-electron chi connectivity index (χ4n) is 2.93. The zero-order chi connectivity index (χ0) is 15.3. The summed E-state index contributed by atoms with van der Waals surface area (Å²) in [6.45, 7) is 5.10. The van der Waals surface area contributed by atoms with Crippen molar-refractivity contribution in [2.45, 2.75) is 57.1 Å². The van der Waals surface area contributed by atoms with Gasteiger partial charge in [-0.15, -0.1) is 0 Å². The third-order valence-corrected chi connectivity index (χ3v) is 5.75. The molecule has 0 bridgehead atoms. The zero-order valence-corrected chi connectivity index (χ0v) is 14.1. The van der Waals surface area contributed by atoms with Crippen LogP contribution in [0.5, 0.6) is 0 Å². The van der Waals surface area contributed by atoms with Crippen LogP contribution < -0.4 is 16.6 Å². The predicted octanol–water partition coefficient (Wildman–Crippen LogP) is 3.11. The van der Waals surface area contributed by atoms with Gasteiger partial charge in [0.05, 0.1) is 0 Å². The number of nitrogen functional groups attached to an aromatic ring is 1. The lowest BCUT2D eigenvalue weighted by atomic mass is 10.1. The van der Waals surface area contributed by atoms with Gasteiger partial charge in [-0.3, -0.25) is 0 Å². The van der Waals surface area contributed by atoms with E-state index in [0.29, 0.717) is 4.75 Å². The van der Waals surface area contributed by atoms with E-state index < -0.39 is 0 Å². The number of hydrogen-bond acceptors (Lipinski definition) is 6. The maximum atomic E-state index is 5.58. The first-order valence-electron chi connectivity index (χ1n) is 7.77. The molecule has 2 rings (SSSR count). The van der Waals surface area contributed by atoms with E-state index >= 15 is 0 Å². The van der Waals surface area contributed by atoms with Crippen LogP contribution in [0.3, 0.4) is 0 Å². The molecule has 1 aromatic heterocycles. The highest BCUT2D eigenvalue weighted by atomic mass is 32.2. The first-order chi connectivity index (χ1) is 10.1. The van der Waals surface area contributed by atoms with E-state index in [1.165, 1.54) is 25.7 Å².